The van der Waals surface area contributed by atoms with Crippen LogP contribution in [0.15, 0.2) is 30.3 Å². The van der Waals surface area contributed by atoms with Crippen LogP contribution in [0.1, 0.15) is 52.7 Å². The molecule has 3 aromatic rings. The first-order chi connectivity index (χ1) is 16.4. The summed E-state index contributed by atoms with van der Waals surface area (Å²) in [7, 11) is 0. The monoisotopic (exact) mass is 469 g/mol. The third-order valence-corrected chi connectivity index (χ3v) is 6.64. The van der Waals surface area contributed by atoms with E-state index in [0.29, 0.717) is 33.7 Å². The first kappa shape index (κ1) is 26.2. The van der Waals surface area contributed by atoms with Crippen LogP contribution >= 0.6 is 0 Å². The molecule has 0 saturated heterocycles. The van der Waals surface area contributed by atoms with Gasteiger partial charge in [0.2, 0.25) is 0 Å². The highest BCUT2D eigenvalue weighted by Crippen LogP contribution is 2.34. The second-order valence-corrected chi connectivity index (χ2v) is 8.41. The Kier molecular flexibility index (Phi) is 9.08. The third-order valence-electron chi connectivity index (χ3n) is 6.64. The molecule has 7 heteroatoms. The first-order valence-electron chi connectivity index (χ1n) is 12.3. The van der Waals surface area contributed by atoms with Crippen LogP contribution in [0.25, 0.3) is 21.8 Å². The fourth-order valence-corrected chi connectivity index (χ4v) is 4.57. The number of hydrogen-bond donors (Lipinski definition) is 2. The van der Waals surface area contributed by atoms with Crippen LogP contribution in [-0.2, 0) is 13.2 Å². The van der Waals surface area contributed by atoms with Gasteiger partial charge in [-0.1, -0.05) is 27.7 Å². The minimum atomic E-state index is -0.195. The molecule has 2 atom stereocenters. The fraction of sp³-hybridized carbons (Fsp3) is 0.519. The van der Waals surface area contributed by atoms with Crippen molar-refractivity contribution in [2.24, 2.45) is 0 Å². The van der Waals surface area contributed by atoms with Crippen molar-refractivity contribution in [3.8, 4) is 11.5 Å². The number of aliphatic hydroxyl groups excluding tert-OH is 2. The Labute approximate surface area is 202 Å². The maximum absolute atomic E-state index is 10.3. The summed E-state index contributed by atoms with van der Waals surface area (Å²) in [6, 6.07) is 9.77. The van der Waals surface area contributed by atoms with Gasteiger partial charge in [-0.3, -0.25) is 9.80 Å². The zero-order valence-electron chi connectivity index (χ0n) is 21.3. The Morgan fingerprint density at radius 1 is 0.706 bits per heavy atom. The molecule has 1 heterocycles. The van der Waals surface area contributed by atoms with Crippen LogP contribution in [0, 0.1) is 0 Å². The summed E-state index contributed by atoms with van der Waals surface area (Å²) in [5.41, 5.74) is 2.63. The Hall–Kier alpha value is -2.45. The van der Waals surface area contributed by atoms with Gasteiger partial charge in [0.1, 0.15) is 24.0 Å². The maximum atomic E-state index is 10.3. The van der Waals surface area contributed by atoms with Crippen LogP contribution < -0.4 is 9.47 Å². The van der Waals surface area contributed by atoms with Crippen molar-refractivity contribution in [2.45, 2.75) is 67.2 Å². The molecule has 0 aliphatic rings. The van der Waals surface area contributed by atoms with Gasteiger partial charge in [0.25, 0.3) is 0 Å². The minimum Gasteiger partial charge on any atom is -0.475 e. The number of aromatic nitrogens is 1. The van der Waals surface area contributed by atoms with Crippen molar-refractivity contribution in [1.29, 1.82) is 0 Å². The highest BCUT2D eigenvalue weighted by molar-refractivity contribution is 5.97. The van der Waals surface area contributed by atoms with Gasteiger partial charge in [-0.15, -0.1) is 0 Å². The lowest BCUT2D eigenvalue weighted by Crippen LogP contribution is -2.37. The molecule has 1 aromatic heterocycles. The molecule has 0 spiro atoms. The number of nitrogens with zero attached hydrogens (tertiary/aromatic N) is 3. The van der Waals surface area contributed by atoms with Crippen molar-refractivity contribution < 1.29 is 19.7 Å². The van der Waals surface area contributed by atoms with E-state index < -0.39 is 0 Å². The minimum absolute atomic E-state index is 0.132. The highest BCUT2D eigenvalue weighted by Gasteiger charge is 2.19. The molecular formula is C27H39N3O4. The molecule has 0 fully saturated rings. The summed E-state index contributed by atoms with van der Waals surface area (Å²) < 4.78 is 12.5. The van der Waals surface area contributed by atoms with E-state index in [1.54, 1.807) is 0 Å². The number of ether oxygens (including phenoxy) is 2. The third kappa shape index (κ3) is 5.28. The molecule has 3 rings (SSSR count). The van der Waals surface area contributed by atoms with Gasteiger partial charge in [0.15, 0.2) is 0 Å². The highest BCUT2D eigenvalue weighted by atomic mass is 16.5. The Bertz CT molecular complexity index is 1010. The Morgan fingerprint density at radius 3 is 1.41 bits per heavy atom. The Morgan fingerprint density at radius 2 is 1.09 bits per heavy atom. The standard InChI is InChI=1S/C27H39N3O4/c1-7-29(8-2)18(5)33-24-13-11-20-15-21-12-14-25(34-19(6)30(9-3)10-4)23(17-32)27(21)28-26(20)22(24)16-31/h11-15,18-19,31-32H,7-10,16-17H2,1-6H3. The second kappa shape index (κ2) is 11.8. The summed E-state index contributed by atoms with van der Waals surface area (Å²) in [4.78, 5) is 9.31. The van der Waals surface area contributed by atoms with E-state index in [0.717, 1.165) is 37.0 Å². The quantitative estimate of drug-likeness (QED) is 0.299. The van der Waals surface area contributed by atoms with Crippen molar-refractivity contribution in [1.82, 2.24) is 14.8 Å². The molecule has 0 amide bonds. The first-order valence-corrected chi connectivity index (χ1v) is 12.3. The predicted molar refractivity (Wildman–Crippen MR) is 137 cm³/mol. The van der Waals surface area contributed by atoms with Crippen LogP contribution in [0.3, 0.4) is 0 Å². The van der Waals surface area contributed by atoms with Crippen LogP contribution in [0.2, 0.25) is 0 Å². The average molecular weight is 470 g/mol. The lowest BCUT2D eigenvalue weighted by atomic mass is 10.0. The number of benzene rings is 2. The van der Waals surface area contributed by atoms with E-state index in [2.05, 4.69) is 37.5 Å². The van der Waals surface area contributed by atoms with Crippen molar-refractivity contribution >= 4 is 21.8 Å². The normalized spacial score (nSPS) is 13.7. The van der Waals surface area contributed by atoms with E-state index in [9.17, 15) is 10.2 Å². The van der Waals surface area contributed by atoms with Gasteiger partial charge in [0.05, 0.1) is 24.2 Å². The van der Waals surface area contributed by atoms with Gasteiger partial charge >= 0.3 is 0 Å². The molecule has 0 radical (unpaired) electrons. The average Bonchev–Trinajstić information content (AvgIpc) is 2.84. The lowest BCUT2D eigenvalue weighted by molar-refractivity contribution is 0.0462. The zero-order valence-corrected chi connectivity index (χ0v) is 21.3. The fourth-order valence-electron chi connectivity index (χ4n) is 4.57. The van der Waals surface area contributed by atoms with E-state index in [1.165, 1.54) is 0 Å². The molecule has 2 aromatic carbocycles. The smallest absolute Gasteiger partial charge is 0.149 e. The SMILES string of the molecule is CCN(CC)C(C)Oc1ccc2cc3ccc(OC(C)N(CC)CC)c(CO)c3nc2c1CO. The van der Waals surface area contributed by atoms with Gasteiger partial charge < -0.3 is 19.7 Å². The predicted octanol–water partition coefficient (Wildman–Crippen LogP) is 4.51. The molecule has 2 N–H and O–H groups in total. The molecule has 0 saturated carbocycles. The number of pyridine rings is 1. The largest absolute Gasteiger partial charge is 0.475 e. The van der Waals surface area contributed by atoms with E-state index in [4.69, 9.17) is 14.5 Å². The van der Waals surface area contributed by atoms with Gasteiger partial charge in [0, 0.05) is 21.9 Å². The summed E-state index contributed by atoms with van der Waals surface area (Å²) in [5, 5.41) is 22.3. The van der Waals surface area contributed by atoms with Crippen LogP contribution in [0.5, 0.6) is 11.5 Å². The molecule has 34 heavy (non-hydrogen) atoms. The molecule has 0 bridgehead atoms. The van der Waals surface area contributed by atoms with Crippen LogP contribution in [0.4, 0.5) is 0 Å². The molecule has 0 aliphatic carbocycles. The maximum Gasteiger partial charge on any atom is 0.149 e. The molecule has 7 nitrogen and oxygen atoms in total. The zero-order chi connectivity index (χ0) is 24.8. The van der Waals surface area contributed by atoms with Gasteiger partial charge in [-0.05, 0) is 70.4 Å². The number of hydrogen-bond acceptors (Lipinski definition) is 7. The number of rotatable bonds is 12. The molecule has 0 aliphatic heterocycles. The number of fused-ring (bicyclic) bond motifs is 2. The lowest BCUT2D eigenvalue weighted by Gasteiger charge is -2.28. The van der Waals surface area contributed by atoms with Gasteiger partial charge in [-0.25, -0.2) is 4.98 Å². The molecule has 2 unspecified atom stereocenters. The van der Waals surface area contributed by atoms with E-state index in [-0.39, 0.29) is 25.7 Å². The number of aliphatic hydroxyl groups is 2. The van der Waals surface area contributed by atoms with Crippen molar-refractivity contribution in [3.63, 3.8) is 0 Å². The molecule has 186 valence electrons. The van der Waals surface area contributed by atoms with E-state index in [1.807, 2.05) is 44.2 Å². The summed E-state index contributed by atoms with van der Waals surface area (Å²) in [6.45, 7) is 15.5. The summed E-state index contributed by atoms with van der Waals surface area (Å²) in [5.74, 6) is 1.24. The topological polar surface area (TPSA) is 78.3 Å². The molecular weight excluding hydrogens is 430 g/mol. The summed E-state index contributed by atoms with van der Waals surface area (Å²) >= 11 is 0. The van der Waals surface area contributed by atoms with E-state index >= 15 is 0 Å². The van der Waals surface area contributed by atoms with Crippen LogP contribution in [-0.4, -0.2) is 63.6 Å². The van der Waals surface area contributed by atoms with Gasteiger partial charge in [-0.2, -0.15) is 0 Å². The summed E-state index contributed by atoms with van der Waals surface area (Å²) in [6.07, 6.45) is -0.263. The second-order valence-electron chi connectivity index (χ2n) is 8.41. The van der Waals surface area contributed by atoms with Crippen molar-refractivity contribution in [3.05, 3.63) is 41.5 Å². The van der Waals surface area contributed by atoms with Crippen molar-refractivity contribution in [2.75, 3.05) is 26.2 Å². The Balaban J connectivity index is 2.10.